The standard InChI is InChI=1S/C15H24BrN3O/c1-10(2)19(11(3)4)8-7-18-15(20)12-5-6-14(17)13(16)9-12/h5-6,9-11H,7-8,17H2,1-4H3,(H,18,20). The number of amides is 1. The molecule has 0 atom stereocenters. The number of anilines is 1. The van der Waals surface area contributed by atoms with Crippen molar-refractivity contribution in [3.63, 3.8) is 0 Å². The van der Waals surface area contributed by atoms with E-state index in [0.29, 0.717) is 29.9 Å². The number of nitrogens with one attached hydrogen (secondary N) is 1. The molecule has 112 valence electrons. The molecule has 1 rings (SSSR count). The van der Waals surface area contributed by atoms with Gasteiger partial charge in [-0.2, -0.15) is 0 Å². The number of nitrogen functional groups attached to an aromatic ring is 1. The van der Waals surface area contributed by atoms with E-state index in [2.05, 4.69) is 53.8 Å². The van der Waals surface area contributed by atoms with Gasteiger partial charge >= 0.3 is 0 Å². The first-order valence-corrected chi connectivity index (χ1v) is 7.71. The van der Waals surface area contributed by atoms with Gasteiger partial charge in [-0.25, -0.2) is 0 Å². The van der Waals surface area contributed by atoms with Gasteiger partial charge < -0.3 is 11.1 Å². The van der Waals surface area contributed by atoms with Crippen molar-refractivity contribution in [2.75, 3.05) is 18.8 Å². The summed E-state index contributed by atoms with van der Waals surface area (Å²) in [7, 11) is 0. The van der Waals surface area contributed by atoms with E-state index < -0.39 is 0 Å². The van der Waals surface area contributed by atoms with Gasteiger partial charge in [-0.15, -0.1) is 0 Å². The second kappa shape index (κ2) is 7.64. The molecule has 0 saturated carbocycles. The molecule has 1 aromatic carbocycles. The Morgan fingerprint density at radius 1 is 1.30 bits per heavy atom. The Morgan fingerprint density at radius 3 is 2.40 bits per heavy atom. The van der Waals surface area contributed by atoms with Crippen LogP contribution in [-0.2, 0) is 0 Å². The highest BCUT2D eigenvalue weighted by Crippen LogP contribution is 2.20. The third kappa shape index (κ3) is 4.80. The summed E-state index contributed by atoms with van der Waals surface area (Å²) in [5.41, 5.74) is 6.96. The van der Waals surface area contributed by atoms with Crippen LogP contribution in [0.3, 0.4) is 0 Å². The maximum absolute atomic E-state index is 12.0. The number of hydrogen-bond acceptors (Lipinski definition) is 3. The van der Waals surface area contributed by atoms with Crippen molar-refractivity contribution in [1.29, 1.82) is 0 Å². The molecule has 0 aliphatic carbocycles. The number of nitrogens with zero attached hydrogens (tertiary/aromatic N) is 1. The van der Waals surface area contributed by atoms with Crippen LogP contribution in [0.2, 0.25) is 0 Å². The van der Waals surface area contributed by atoms with Gasteiger partial charge in [0.15, 0.2) is 0 Å². The van der Waals surface area contributed by atoms with Crippen LogP contribution >= 0.6 is 15.9 Å². The van der Waals surface area contributed by atoms with Crippen LogP contribution in [0, 0.1) is 0 Å². The smallest absolute Gasteiger partial charge is 0.251 e. The Labute approximate surface area is 129 Å². The van der Waals surface area contributed by atoms with Crippen molar-refractivity contribution in [1.82, 2.24) is 10.2 Å². The van der Waals surface area contributed by atoms with Gasteiger partial charge in [0.2, 0.25) is 0 Å². The fraction of sp³-hybridized carbons (Fsp3) is 0.533. The van der Waals surface area contributed by atoms with Crippen LogP contribution in [0.1, 0.15) is 38.1 Å². The second-order valence-electron chi connectivity index (χ2n) is 5.42. The molecule has 0 aromatic heterocycles. The number of carbonyl (C=O) groups is 1. The summed E-state index contributed by atoms with van der Waals surface area (Å²) in [5, 5.41) is 2.94. The highest BCUT2D eigenvalue weighted by Gasteiger charge is 2.13. The molecule has 0 heterocycles. The lowest BCUT2D eigenvalue weighted by atomic mass is 10.2. The van der Waals surface area contributed by atoms with Crippen LogP contribution in [-0.4, -0.2) is 36.0 Å². The molecular formula is C15H24BrN3O. The summed E-state index contributed by atoms with van der Waals surface area (Å²) in [6.45, 7) is 10.1. The molecule has 3 N–H and O–H groups in total. The van der Waals surface area contributed by atoms with Crippen molar-refractivity contribution in [3.8, 4) is 0 Å². The largest absolute Gasteiger partial charge is 0.398 e. The predicted octanol–water partition coefficient (Wildman–Crippen LogP) is 2.88. The minimum Gasteiger partial charge on any atom is -0.398 e. The Morgan fingerprint density at radius 2 is 1.90 bits per heavy atom. The topological polar surface area (TPSA) is 58.4 Å². The maximum atomic E-state index is 12.0. The van der Waals surface area contributed by atoms with Gasteiger partial charge in [-0.1, -0.05) is 0 Å². The molecule has 0 fully saturated rings. The summed E-state index contributed by atoms with van der Waals surface area (Å²) in [6, 6.07) is 6.15. The zero-order valence-corrected chi connectivity index (χ0v) is 14.2. The first-order chi connectivity index (χ1) is 9.32. The molecule has 5 heteroatoms. The number of hydrogen-bond donors (Lipinski definition) is 2. The summed E-state index contributed by atoms with van der Waals surface area (Å²) < 4.78 is 0.746. The third-order valence-corrected chi connectivity index (χ3v) is 3.93. The predicted molar refractivity (Wildman–Crippen MR) is 87.9 cm³/mol. The minimum atomic E-state index is -0.0711. The normalized spacial score (nSPS) is 11.4. The van der Waals surface area contributed by atoms with Gasteiger partial charge in [-0.05, 0) is 61.8 Å². The first kappa shape index (κ1) is 17.0. The SMILES string of the molecule is CC(C)N(CCNC(=O)c1ccc(N)c(Br)c1)C(C)C. The highest BCUT2D eigenvalue weighted by atomic mass is 79.9. The van der Waals surface area contributed by atoms with Gasteiger partial charge in [0.25, 0.3) is 5.91 Å². The molecule has 0 aliphatic heterocycles. The van der Waals surface area contributed by atoms with Crippen molar-refractivity contribution in [2.24, 2.45) is 0 Å². The van der Waals surface area contributed by atoms with E-state index >= 15 is 0 Å². The van der Waals surface area contributed by atoms with Crippen LogP contribution in [0.25, 0.3) is 0 Å². The van der Waals surface area contributed by atoms with E-state index in [1.807, 2.05) is 0 Å². The number of carbonyl (C=O) groups excluding carboxylic acids is 1. The fourth-order valence-corrected chi connectivity index (χ4v) is 2.56. The average molecular weight is 342 g/mol. The van der Waals surface area contributed by atoms with Crippen LogP contribution in [0.5, 0.6) is 0 Å². The van der Waals surface area contributed by atoms with Gasteiger partial charge in [0, 0.05) is 40.9 Å². The molecule has 4 nitrogen and oxygen atoms in total. The van der Waals surface area contributed by atoms with E-state index in [1.54, 1.807) is 18.2 Å². The number of nitrogens with two attached hydrogens (primary N) is 1. The highest BCUT2D eigenvalue weighted by molar-refractivity contribution is 9.10. The Kier molecular flexibility index (Phi) is 6.49. The summed E-state index contributed by atoms with van der Waals surface area (Å²) in [4.78, 5) is 14.4. The minimum absolute atomic E-state index is 0.0711. The summed E-state index contributed by atoms with van der Waals surface area (Å²) in [5.74, 6) is -0.0711. The zero-order chi connectivity index (χ0) is 15.3. The van der Waals surface area contributed by atoms with Crippen LogP contribution in [0.15, 0.2) is 22.7 Å². The maximum Gasteiger partial charge on any atom is 0.251 e. The Hall–Kier alpha value is -1.07. The van der Waals surface area contributed by atoms with Gasteiger partial charge in [-0.3, -0.25) is 9.69 Å². The Balaban J connectivity index is 2.53. The number of halogens is 1. The lowest BCUT2D eigenvalue weighted by Gasteiger charge is -2.30. The molecule has 0 aliphatic rings. The molecule has 0 spiro atoms. The first-order valence-electron chi connectivity index (χ1n) is 6.92. The number of rotatable bonds is 6. The van der Waals surface area contributed by atoms with Crippen molar-refractivity contribution in [3.05, 3.63) is 28.2 Å². The van der Waals surface area contributed by atoms with Crippen LogP contribution < -0.4 is 11.1 Å². The Bertz CT molecular complexity index is 452. The molecule has 0 unspecified atom stereocenters. The fourth-order valence-electron chi connectivity index (χ4n) is 2.18. The van der Waals surface area contributed by atoms with E-state index in [9.17, 15) is 4.79 Å². The zero-order valence-electron chi connectivity index (χ0n) is 12.6. The second-order valence-corrected chi connectivity index (χ2v) is 6.27. The third-order valence-electron chi connectivity index (χ3n) is 3.24. The van der Waals surface area contributed by atoms with E-state index in [0.717, 1.165) is 11.0 Å². The molecule has 0 bridgehead atoms. The molecule has 20 heavy (non-hydrogen) atoms. The lowest BCUT2D eigenvalue weighted by Crippen LogP contribution is -2.42. The monoisotopic (exact) mass is 341 g/mol. The average Bonchev–Trinajstić information content (AvgIpc) is 2.36. The van der Waals surface area contributed by atoms with Crippen molar-refractivity contribution in [2.45, 2.75) is 39.8 Å². The van der Waals surface area contributed by atoms with Crippen LogP contribution in [0.4, 0.5) is 5.69 Å². The van der Waals surface area contributed by atoms with E-state index in [-0.39, 0.29) is 5.91 Å². The van der Waals surface area contributed by atoms with Crippen molar-refractivity contribution >= 4 is 27.5 Å². The van der Waals surface area contributed by atoms with Gasteiger partial charge in [0.05, 0.1) is 0 Å². The lowest BCUT2D eigenvalue weighted by molar-refractivity contribution is 0.0939. The molecular weight excluding hydrogens is 318 g/mol. The van der Waals surface area contributed by atoms with E-state index in [4.69, 9.17) is 5.73 Å². The quantitative estimate of drug-likeness (QED) is 0.782. The molecule has 1 amide bonds. The van der Waals surface area contributed by atoms with Crippen molar-refractivity contribution < 1.29 is 4.79 Å². The summed E-state index contributed by atoms with van der Waals surface area (Å²) >= 11 is 3.33. The summed E-state index contributed by atoms with van der Waals surface area (Å²) in [6.07, 6.45) is 0. The van der Waals surface area contributed by atoms with E-state index in [1.165, 1.54) is 0 Å². The van der Waals surface area contributed by atoms with Gasteiger partial charge in [0.1, 0.15) is 0 Å². The molecule has 0 radical (unpaired) electrons. The molecule has 1 aromatic rings. The molecule has 0 saturated heterocycles. The number of benzene rings is 1.